The number of ether oxygens (including phenoxy) is 1. The van der Waals surface area contributed by atoms with E-state index in [1.165, 1.54) is 24.1 Å². The Bertz CT molecular complexity index is 816. The topological polar surface area (TPSA) is 68.5 Å². The van der Waals surface area contributed by atoms with E-state index in [0.717, 1.165) is 0 Å². The molecule has 1 aliphatic carbocycles. The van der Waals surface area contributed by atoms with Crippen LogP contribution in [0.5, 0.6) is 0 Å². The summed E-state index contributed by atoms with van der Waals surface area (Å²) in [5, 5.41) is 3.29. The number of hydrogen-bond acceptors (Lipinski definition) is 5. The lowest BCUT2D eigenvalue weighted by Crippen LogP contribution is -2.35. The van der Waals surface area contributed by atoms with Crippen LogP contribution in [-0.2, 0) is 22.3 Å². The number of carbonyl (C=O) groups excluding carboxylic acids is 1. The summed E-state index contributed by atoms with van der Waals surface area (Å²) in [7, 11) is 1.44. The number of rotatable bonds is 7. The number of hydrogen-bond donors (Lipinski definition) is 0. The van der Waals surface area contributed by atoms with Gasteiger partial charge >= 0.3 is 12.1 Å². The fourth-order valence-corrected chi connectivity index (χ4v) is 2.63. The molecule has 2 unspecified atom stereocenters. The third-order valence-corrected chi connectivity index (χ3v) is 4.27. The summed E-state index contributed by atoms with van der Waals surface area (Å²) < 4.78 is 73.1. The third-order valence-electron chi connectivity index (χ3n) is 4.27. The molecule has 1 aromatic carbocycles. The average molecular weight is 405 g/mol. The fraction of sp³-hybridized carbons (Fsp3) is 0.471. The Labute approximate surface area is 156 Å². The Morgan fingerprint density at radius 3 is 2.36 bits per heavy atom. The highest BCUT2D eigenvalue weighted by Crippen LogP contribution is 2.39. The van der Waals surface area contributed by atoms with Gasteiger partial charge in [-0.2, -0.15) is 18.2 Å². The monoisotopic (exact) mass is 405 g/mol. The van der Waals surface area contributed by atoms with Crippen molar-refractivity contribution in [2.45, 2.75) is 25.1 Å². The molecular formula is C17H16F5N3O3. The number of methoxy groups -OCH3 is 1. The van der Waals surface area contributed by atoms with Crippen LogP contribution in [0.2, 0.25) is 0 Å². The van der Waals surface area contributed by atoms with Crippen LogP contribution in [0.4, 0.5) is 22.0 Å². The minimum absolute atomic E-state index is 0.0679. The van der Waals surface area contributed by atoms with Crippen molar-refractivity contribution in [3.8, 4) is 11.4 Å². The van der Waals surface area contributed by atoms with Crippen molar-refractivity contribution in [2.24, 2.45) is 5.92 Å². The van der Waals surface area contributed by atoms with Gasteiger partial charge in [0.1, 0.15) is 18.3 Å². The summed E-state index contributed by atoms with van der Waals surface area (Å²) in [6.45, 7) is 0.402. The van der Waals surface area contributed by atoms with Gasteiger partial charge < -0.3 is 14.2 Å². The van der Waals surface area contributed by atoms with Crippen molar-refractivity contribution in [2.75, 3.05) is 20.3 Å². The van der Waals surface area contributed by atoms with Crippen LogP contribution in [0.15, 0.2) is 28.8 Å². The van der Waals surface area contributed by atoms with Gasteiger partial charge in [0, 0.05) is 25.8 Å². The number of nitrogens with zero attached hydrogens (tertiary/aromatic N) is 3. The van der Waals surface area contributed by atoms with Crippen molar-refractivity contribution >= 4 is 5.91 Å². The van der Waals surface area contributed by atoms with Crippen LogP contribution in [0.25, 0.3) is 11.4 Å². The molecule has 11 heteroatoms. The Morgan fingerprint density at radius 1 is 1.21 bits per heavy atom. The van der Waals surface area contributed by atoms with E-state index in [1.54, 1.807) is 12.1 Å². The second-order valence-electron chi connectivity index (χ2n) is 6.29. The molecule has 1 aliphatic rings. The Hall–Kier alpha value is -2.56. The van der Waals surface area contributed by atoms with E-state index >= 15 is 0 Å². The van der Waals surface area contributed by atoms with Gasteiger partial charge in [-0.1, -0.05) is 29.4 Å². The van der Waals surface area contributed by atoms with E-state index in [1.807, 2.05) is 0 Å². The molecule has 28 heavy (non-hydrogen) atoms. The van der Waals surface area contributed by atoms with Crippen molar-refractivity contribution < 1.29 is 36.0 Å². The maximum absolute atomic E-state index is 13.2. The van der Waals surface area contributed by atoms with Crippen molar-refractivity contribution in [1.82, 2.24) is 15.0 Å². The zero-order valence-corrected chi connectivity index (χ0v) is 14.6. The molecule has 152 valence electrons. The molecule has 1 saturated carbocycles. The predicted octanol–water partition coefficient (Wildman–Crippen LogP) is 3.04. The molecule has 3 rings (SSSR count). The van der Waals surface area contributed by atoms with Crippen LogP contribution in [0, 0.1) is 5.92 Å². The molecule has 0 bridgehead atoms. The zero-order valence-electron chi connectivity index (χ0n) is 14.6. The normalized spacial score (nSPS) is 21.6. The highest BCUT2D eigenvalue weighted by molar-refractivity contribution is 5.83. The first-order chi connectivity index (χ1) is 13.2. The van der Waals surface area contributed by atoms with E-state index in [-0.39, 0.29) is 31.1 Å². The van der Waals surface area contributed by atoms with Crippen molar-refractivity contribution in [3.63, 3.8) is 0 Å². The van der Waals surface area contributed by atoms with E-state index in [9.17, 15) is 26.7 Å². The van der Waals surface area contributed by atoms with Gasteiger partial charge in [0.2, 0.25) is 11.7 Å². The van der Waals surface area contributed by atoms with Crippen LogP contribution in [-0.4, -0.2) is 53.6 Å². The van der Waals surface area contributed by atoms with Gasteiger partial charge in [-0.15, -0.1) is 0 Å². The molecule has 2 aromatic rings. The second-order valence-corrected chi connectivity index (χ2v) is 6.29. The number of amides is 1. The quantitative estimate of drug-likeness (QED) is 0.663. The van der Waals surface area contributed by atoms with Gasteiger partial charge in [-0.05, 0) is 5.56 Å². The van der Waals surface area contributed by atoms with E-state index in [2.05, 4.69) is 14.7 Å². The molecule has 0 N–H and O–H groups in total. The first kappa shape index (κ1) is 20.2. The van der Waals surface area contributed by atoms with E-state index in [0.29, 0.717) is 5.56 Å². The summed E-state index contributed by atoms with van der Waals surface area (Å²) in [6, 6.07) is 6.04. The average Bonchev–Trinajstić information content (AvgIpc) is 3.05. The van der Waals surface area contributed by atoms with E-state index in [4.69, 9.17) is 4.74 Å². The van der Waals surface area contributed by atoms with Crippen LogP contribution < -0.4 is 0 Å². The van der Waals surface area contributed by atoms with E-state index < -0.39 is 36.2 Å². The van der Waals surface area contributed by atoms with Crippen molar-refractivity contribution in [3.05, 3.63) is 35.7 Å². The second kappa shape index (κ2) is 7.82. The molecule has 0 spiro atoms. The molecule has 1 heterocycles. The first-order valence-electron chi connectivity index (χ1n) is 8.28. The summed E-state index contributed by atoms with van der Waals surface area (Å²) in [5.74, 6) is -3.62. The Balaban J connectivity index is 1.70. The summed E-state index contributed by atoms with van der Waals surface area (Å²) in [6.07, 6.45) is -8.32. The highest BCUT2D eigenvalue weighted by atomic mass is 19.4. The number of aromatic nitrogens is 2. The van der Waals surface area contributed by atoms with Crippen LogP contribution in [0.1, 0.15) is 11.5 Å². The third kappa shape index (κ3) is 4.29. The Morgan fingerprint density at radius 2 is 1.86 bits per heavy atom. The van der Waals surface area contributed by atoms with Crippen molar-refractivity contribution in [1.29, 1.82) is 0 Å². The lowest BCUT2D eigenvalue weighted by atomic mass is 10.1. The van der Waals surface area contributed by atoms with Crippen LogP contribution in [0.3, 0.4) is 0 Å². The molecule has 2 atom stereocenters. The molecule has 0 radical (unpaired) electrons. The van der Waals surface area contributed by atoms with Gasteiger partial charge in [-0.25, -0.2) is 8.78 Å². The predicted molar refractivity (Wildman–Crippen MR) is 85.3 cm³/mol. The molecule has 0 saturated heterocycles. The largest absolute Gasteiger partial charge is 0.471 e. The zero-order chi connectivity index (χ0) is 20.5. The first-order valence-corrected chi connectivity index (χ1v) is 8.28. The van der Waals surface area contributed by atoms with Gasteiger partial charge in [-0.3, -0.25) is 4.79 Å². The summed E-state index contributed by atoms with van der Waals surface area (Å²) in [4.78, 5) is 16.8. The molecule has 0 aliphatic heterocycles. The van der Waals surface area contributed by atoms with Gasteiger partial charge in [0.05, 0.1) is 6.61 Å². The molecule has 6 nitrogen and oxygen atoms in total. The summed E-state index contributed by atoms with van der Waals surface area (Å²) in [5.41, 5.74) is 0.895. The molecule has 1 fully saturated rings. The minimum atomic E-state index is -4.74. The number of carbonyl (C=O) groups is 1. The maximum Gasteiger partial charge on any atom is 0.471 e. The lowest BCUT2D eigenvalue weighted by Gasteiger charge is -2.22. The Kier molecular flexibility index (Phi) is 5.64. The standard InChI is InChI=1S/C17H16F5N3O3/c1-27-7-6-25(15(26)11-12(18)13(11)19)8-9-2-4-10(5-3-9)14-23-16(28-24-14)17(20,21)22/h2-5,11-13H,6-8H2,1H3. The van der Waals surface area contributed by atoms with Gasteiger partial charge in [0.15, 0.2) is 0 Å². The molecule has 1 amide bonds. The fourth-order valence-electron chi connectivity index (χ4n) is 2.63. The number of halogens is 5. The van der Waals surface area contributed by atoms with Gasteiger partial charge in [0.25, 0.3) is 0 Å². The van der Waals surface area contributed by atoms with Crippen LogP contribution >= 0.6 is 0 Å². The number of alkyl halides is 5. The number of benzene rings is 1. The SMILES string of the molecule is COCCN(Cc1ccc(-c2noc(C(F)(F)F)n2)cc1)C(=O)C1C(F)C1F. The molecule has 1 aromatic heterocycles. The maximum atomic E-state index is 13.2. The molecular weight excluding hydrogens is 389 g/mol. The lowest BCUT2D eigenvalue weighted by molar-refractivity contribution is -0.159. The minimum Gasteiger partial charge on any atom is -0.383 e. The summed E-state index contributed by atoms with van der Waals surface area (Å²) >= 11 is 0. The smallest absolute Gasteiger partial charge is 0.383 e. The highest BCUT2D eigenvalue weighted by Gasteiger charge is 2.58.